The summed E-state index contributed by atoms with van der Waals surface area (Å²) in [5, 5.41) is 11.1. The van der Waals surface area contributed by atoms with Gasteiger partial charge in [-0.25, -0.2) is 0 Å². The van der Waals surface area contributed by atoms with Gasteiger partial charge in [-0.2, -0.15) is 0 Å². The summed E-state index contributed by atoms with van der Waals surface area (Å²) in [7, 11) is 0. The summed E-state index contributed by atoms with van der Waals surface area (Å²) in [4.78, 5) is 0. The van der Waals surface area contributed by atoms with Crippen molar-refractivity contribution in [1.29, 1.82) is 0 Å². The van der Waals surface area contributed by atoms with Crippen LogP contribution >= 0.6 is 0 Å². The molecule has 0 saturated carbocycles. The Morgan fingerprint density at radius 2 is 1.12 bits per heavy atom. The van der Waals surface area contributed by atoms with Gasteiger partial charge in [0.15, 0.2) is 0 Å². The van der Waals surface area contributed by atoms with E-state index in [0.29, 0.717) is 19.8 Å². The monoisotopic (exact) mass is 449 g/mol. The summed E-state index contributed by atoms with van der Waals surface area (Å²) in [6, 6.07) is 29.5. The van der Waals surface area contributed by atoms with E-state index in [-0.39, 0.29) is 6.61 Å². The average molecular weight is 450 g/mol. The number of hydrogen-bond donors (Lipinski definition) is 2. The summed E-state index contributed by atoms with van der Waals surface area (Å²) in [6.07, 6.45) is -3.63. The highest BCUT2D eigenvalue weighted by Crippen LogP contribution is 2.26. The Labute approximate surface area is 194 Å². The summed E-state index contributed by atoms with van der Waals surface area (Å²) in [5.41, 5.74) is 9.41. The summed E-state index contributed by atoms with van der Waals surface area (Å²) in [5.74, 6) is 0. The van der Waals surface area contributed by atoms with Gasteiger partial charge in [-0.3, -0.25) is 0 Å². The van der Waals surface area contributed by atoms with Crippen molar-refractivity contribution in [3.05, 3.63) is 108 Å². The summed E-state index contributed by atoms with van der Waals surface area (Å²) >= 11 is 0. The van der Waals surface area contributed by atoms with E-state index >= 15 is 0 Å². The first-order chi connectivity index (χ1) is 16.2. The maximum absolute atomic E-state index is 11.1. The molecule has 1 aliphatic heterocycles. The zero-order valence-electron chi connectivity index (χ0n) is 18.5. The van der Waals surface area contributed by atoms with Gasteiger partial charge in [0.2, 0.25) is 0 Å². The largest absolute Gasteiger partial charge is 0.387 e. The van der Waals surface area contributed by atoms with E-state index in [1.54, 1.807) is 0 Å². The van der Waals surface area contributed by atoms with Crippen LogP contribution in [-0.2, 0) is 38.8 Å². The van der Waals surface area contributed by atoms with Gasteiger partial charge in [0.25, 0.3) is 0 Å². The molecule has 1 heterocycles. The van der Waals surface area contributed by atoms with Gasteiger partial charge in [0.1, 0.15) is 30.6 Å². The number of hydrogen-bond acceptors (Lipinski definition) is 6. The highest BCUT2D eigenvalue weighted by Gasteiger charge is 2.45. The summed E-state index contributed by atoms with van der Waals surface area (Å²) in [6.45, 7) is 1.29. The zero-order chi connectivity index (χ0) is 22.9. The number of benzene rings is 3. The average Bonchev–Trinajstić information content (AvgIpc) is 2.86. The Morgan fingerprint density at radius 1 is 0.667 bits per heavy atom. The Morgan fingerprint density at radius 3 is 1.64 bits per heavy atom. The molecule has 3 aromatic carbocycles. The second-order valence-corrected chi connectivity index (χ2v) is 8.15. The Balaban J connectivity index is 1.41. The minimum atomic E-state index is -0.954. The minimum Gasteiger partial charge on any atom is -0.387 e. The first-order valence-electron chi connectivity index (χ1n) is 11.2. The Bertz CT molecular complexity index is 941. The molecule has 1 aliphatic rings. The van der Waals surface area contributed by atoms with Crippen molar-refractivity contribution in [1.82, 2.24) is 0 Å². The number of aliphatic hydroxyl groups is 1. The molecule has 0 amide bonds. The third kappa shape index (κ3) is 6.71. The van der Waals surface area contributed by atoms with Gasteiger partial charge in [0, 0.05) is 0 Å². The molecule has 0 radical (unpaired) electrons. The molecular formula is C27H31NO5. The van der Waals surface area contributed by atoms with E-state index in [9.17, 15) is 5.11 Å². The summed E-state index contributed by atoms with van der Waals surface area (Å²) < 4.78 is 24.0. The third-order valence-electron chi connectivity index (χ3n) is 5.66. The molecule has 3 aromatic rings. The molecule has 0 spiro atoms. The second-order valence-electron chi connectivity index (χ2n) is 8.15. The SMILES string of the molecule is N[C@@H]1O[C@H](COCc2ccccc2)[C@@H](O)[C@H](OCc2ccccc2)[C@H]1OCc1ccccc1. The normalized spacial score (nSPS) is 25.1. The van der Waals surface area contributed by atoms with Gasteiger partial charge in [-0.05, 0) is 16.7 Å². The lowest BCUT2D eigenvalue weighted by atomic mass is 9.97. The van der Waals surface area contributed by atoms with E-state index in [4.69, 9.17) is 24.7 Å². The fraction of sp³-hybridized carbons (Fsp3) is 0.333. The molecule has 174 valence electrons. The molecule has 1 saturated heterocycles. The van der Waals surface area contributed by atoms with Gasteiger partial charge >= 0.3 is 0 Å². The lowest BCUT2D eigenvalue weighted by molar-refractivity contribution is -0.259. The van der Waals surface area contributed by atoms with Crippen molar-refractivity contribution < 1.29 is 24.1 Å². The molecule has 0 aromatic heterocycles. The van der Waals surface area contributed by atoms with Crippen molar-refractivity contribution in [2.24, 2.45) is 5.73 Å². The van der Waals surface area contributed by atoms with Crippen molar-refractivity contribution in [2.45, 2.75) is 50.5 Å². The molecule has 0 aliphatic carbocycles. The van der Waals surface area contributed by atoms with Crippen LogP contribution in [0.4, 0.5) is 0 Å². The minimum absolute atomic E-state index is 0.195. The predicted molar refractivity (Wildman–Crippen MR) is 125 cm³/mol. The quantitative estimate of drug-likeness (QED) is 0.494. The van der Waals surface area contributed by atoms with Crippen LogP contribution in [0.3, 0.4) is 0 Å². The number of rotatable bonds is 10. The molecule has 0 bridgehead atoms. The van der Waals surface area contributed by atoms with Crippen LogP contribution in [0.1, 0.15) is 16.7 Å². The first-order valence-corrected chi connectivity index (χ1v) is 11.2. The van der Waals surface area contributed by atoms with Gasteiger partial charge in [0.05, 0.1) is 26.4 Å². The Hall–Kier alpha value is -2.58. The molecule has 3 N–H and O–H groups in total. The van der Waals surface area contributed by atoms with Crippen LogP contribution in [-0.4, -0.2) is 42.4 Å². The molecule has 6 heteroatoms. The van der Waals surface area contributed by atoms with E-state index < -0.39 is 30.6 Å². The highest BCUT2D eigenvalue weighted by atomic mass is 16.6. The molecular weight excluding hydrogens is 418 g/mol. The zero-order valence-corrected chi connectivity index (χ0v) is 18.5. The van der Waals surface area contributed by atoms with Crippen LogP contribution < -0.4 is 5.73 Å². The van der Waals surface area contributed by atoms with Crippen LogP contribution in [0.15, 0.2) is 91.0 Å². The highest BCUT2D eigenvalue weighted by molar-refractivity contribution is 5.15. The van der Waals surface area contributed by atoms with Crippen molar-refractivity contribution in [3.8, 4) is 0 Å². The molecule has 0 unspecified atom stereocenters. The third-order valence-corrected chi connectivity index (χ3v) is 5.66. The molecule has 5 atom stereocenters. The number of aliphatic hydroxyl groups excluding tert-OH is 1. The van der Waals surface area contributed by atoms with E-state index in [0.717, 1.165) is 16.7 Å². The van der Waals surface area contributed by atoms with E-state index in [1.807, 2.05) is 91.0 Å². The second kappa shape index (κ2) is 12.0. The first kappa shape index (κ1) is 23.6. The lowest BCUT2D eigenvalue weighted by Gasteiger charge is -2.43. The fourth-order valence-electron chi connectivity index (χ4n) is 3.87. The Kier molecular flexibility index (Phi) is 8.60. The van der Waals surface area contributed by atoms with Gasteiger partial charge in [-0.15, -0.1) is 0 Å². The van der Waals surface area contributed by atoms with Crippen LogP contribution in [0.2, 0.25) is 0 Å². The number of nitrogens with two attached hydrogens (primary N) is 1. The predicted octanol–water partition coefficient (Wildman–Crippen LogP) is 3.42. The molecule has 6 nitrogen and oxygen atoms in total. The maximum atomic E-state index is 11.1. The van der Waals surface area contributed by atoms with Crippen molar-refractivity contribution in [2.75, 3.05) is 6.61 Å². The fourth-order valence-corrected chi connectivity index (χ4v) is 3.87. The molecule has 33 heavy (non-hydrogen) atoms. The van der Waals surface area contributed by atoms with Crippen molar-refractivity contribution in [3.63, 3.8) is 0 Å². The van der Waals surface area contributed by atoms with Crippen LogP contribution in [0, 0.1) is 0 Å². The van der Waals surface area contributed by atoms with Gasteiger partial charge < -0.3 is 29.8 Å². The maximum Gasteiger partial charge on any atom is 0.135 e. The smallest absolute Gasteiger partial charge is 0.135 e. The topological polar surface area (TPSA) is 83.2 Å². The number of ether oxygens (including phenoxy) is 4. The van der Waals surface area contributed by atoms with E-state index in [2.05, 4.69) is 0 Å². The van der Waals surface area contributed by atoms with Crippen molar-refractivity contribution >= 4 is 0 Å². The van der Waals surface area contributed by atoms with Crippen LogP contribution in [0.5, 0.6) is 0 Å². The lowest BCUT2D eigenvalue weighted by Crippen LogP contribution is -2.62. The van der Waals surface area contributed by atoms with Gasteiger partial charge in [-0.1, -0.05) is 91.0 Å². The van der Waals surface area contributed by atoms with Crippen LogP contribution in [0.25, 0.3) is 0 Å². The standard InChI is InChI=1S/C27H31NO5/c28-27-26(32-18-22-14-8-3-9-15-22)25(31-17-21-12-6-2-7-13-21)24(29)23(33-27)19-30-16-20-10-4-1-5-11-20/h1-15,23-27,29H,16-19,28H2/t23-,24-,25+,26-,27-/m1/s1. The molecule has 1 fully saturated rings. The van der Waals surface area contributed by atoms with E-state index in [1.165, 1.54) is 0 Å². The molecule has 4 rings (SSSR count).